The molecule has 0 aliphatic heterocycles. The largest absolute Gasteiger partial charge is 0.276 e. The first-order chi connectivity index (χ1) is 7.66. The summed E-state index contributed by atoms with van der Waals surface area (Å²) in [5.41, 5.74) is 1.41. The van der Waals surface area contributed by atoms with Crippen molar-refractivity contribution < 1.29 is 9.18 Å². The Labute approximate surface area is 95.9 Å². The molecule has 1 heterocycles. The minimum Gasteiger partial charge on any atom is -0.276 e. The van der Waals surface area contributed by atoms with E-state index in [1.807, 2.05) is 0 Å². The minimum absolute atomic E-state index is 0.260. The van der Waals surface area contributed by atoms with Gasteiger partial charge in [-0.3, -0.25) is 4.79 Å². The normalized spacial score (nSPS) is 10.1. The van der Waals surface area contributed by atoms with Crippen LogP contribution in [0.1, 0.15) is 10.4 Å². The molecule has 0 fully saturated rings. The summed E-state index contributed by atoms with van der Waals surface area (Å²) in [5.74, 6) is -0.332. The van der Waals surface area contributed by atoms with Crippen molar-refractivity contribution in [2.24, 2.45) is 0 Å². The van der Waals surface area contributed by atoms with Crippen molar-refractivity contribution >= 4 is 16.8 Å². The van der Waals surface area contributed by atoms with E-state index in [9.17, 15) is 9.18 Å². The van der Waals surface area contributed by atoms with Crippen LogP contribution in [0.5, 0.6) is 0 Å². The lowest BCUT2D eigenvalue weighted by Gasteiger charge is -2.00. The summed E-state index contributed by atoms with van der Waals surface area (Å²) in [6.07, 6.45) is 1.28. The fourth-order valence-corrected chi connectivity index (χ4v) is 1.34. The Morgan fingerprint density at radius 3 is 2.56 bits per heavy atom. The molecule has 16 heavy (non-hydrogen) atoms. The van der Waals surface area contributed by atoms with Gasteiger partial charge in [-0.15, -0.1) is 0 Å². The number of hydrogen-bond donors (Lipinski definition) is 0. The quantitative estimate of drug-likeness (QED) is 0.753. The van der Waals surface area contributed by atoms with Crippen molar-refractivity contribution in [3.63, 3.8) is 0 Å². The maximum atomic E-state index is 12.7. The first-order valence-electron chi connectivity index (χ1n) is 4.45. The highest BCUT2D eigenvalue weighted by Gasteiger charge is 2.06. The Hall–Kier alpha value is -1.81. The summed E-state index contributed by atoms with van der Waals surface area (Å²) in [6, 6.07) is 7.25. The Bertz CT molecular complexity index is 528. The van der Waals surface area contributed by atoms with Gasteiger partial charge in [-0.2, -0.15) is 10.2 Å². The lowest BCUT2D eigenvalue weighted by Crippen LogP contribution is -1.94. The molecule has 0 unspecified atom stereocenters. The third-order valence-electron chi connectivity index (χ3n) is 2.02. The van der Waals surface area contributed by atoms with Crippen molar-refractivity contribution in [1.29, 1.82) is 0 Å². The number of carbonyl (C=O) groups is 1. The molecule has 0 radical (unpaired) electrons. The number of nitrogens with zero attached hydrogens (tertiary/aromatic N) is 2. The zero-order valence-electron chi connectivity index (χ0n) is 8.02. The summed E-state index contributed by atoms with van der Waals surface area (Å²) in [7, 11) is 0. The predicted molar refractivity (Wildman–Crippen MR) is 57.6 cm³/mol. The number of halogens is 2. The standard InChI is InChI=1S/C11H6ClFN2O/c12-11(16)8-5-10(15-14-6-8)7-1-3-9(13)4-2-7/h1-6H. The third kappa shape index (κ3) is 2.23. The van der Waals surface area contributed by atoms with Gasteiger partial charge in [-0.25, -0.2) is 4.39 Å². The van der Waals surface area contributed by atoms with E-state index in [4.69, 9.17) is 11.6 Å². The molecule has 0 N–H and O–H groups in total. The van der Waals surface area contributed by atoms with Crippen molar-refractivity contribution in [3.8, 4) is 11.3 Å². The highest BCUT2D eigenvalue weighted by Crippen LogP contribution is 2.17. The van der Waals surface area contributed by atoms with Gasteiger partial charge in [-0.05, 0) is 41.9 Å². The number of rotatable bonds is 2. The maximum absolute atomic E-state index is 12.7. The Kier molecular flexibility index (Phi) is 2.92. The van der Waals surface area contributed by atoms with Gasteiger partial charge >= 0.3 is 0 Å². The average molecular weight is 237 g/mol. The van der Waals surface area contributed by atoms with Crippen molar-refractivity contribution in [3.05, 3.63) is 47.9 Å². The monoisotopic (exact) mass is 236 g/mol. The molecule has 0 spiro atoms. The van der Waals surface area contributed by atoms with Gasteiger partial charge in [0.2, 0.25) is 0 Å². The summed E-state index contributed by atoms with van der Waals surface area (Å²) >= 11 is 5.32. The fraction of sp³-hybridized carbons (Fsp3) is 0. The first-order valence-corrected chi connectivity index (χ1v) is 4.83. The first kappa shape index (κ1) is 10.7. The van der Waals surface area contributed by atoms with Crippen LogP contribution in [0, 0.1) is 5.82 Å². The lowest BCUT2D eigenvalue weighted by atomic mass is 10.1. The van der Waals surface area contributed by atoms with Gasteiger partial charge in [0.05, 0.1) is 17.5 Å². The highest BCUT2D eigenvalue weighted by molar-refractivity contribution is 6.67. The molecular formula is C11H6ClFN2O. The summed E-state index contributed by atoms with van der Waals surface area (Å²) in [5, 5.41) is 6.90. The van der Waals surface area contributed by atoms with E-state index in [2.05, 4.69) is 10.2 Å². The molecule has 1 aromatic carbocycles. The van der Waals surface area contributed by atoms with E-state index in [0.29, 0.717) is 11.3 Å². The molecule has 2 rings (SSSR count). The van der Waals surface area contributed by atoms with E-state index in [1.54, 1.807) is 12.1 Å². The van der Waals surface area contributed by atoms with E-state index >= 15 is 0 Å². The summed E-state index contributed by atoms with van der Waals surface area (Å²) in [6.45, 7) is 0. The smallest absolute Gasteiger partial charge is 0.254 e. The molecule has 80 valence electrons. The molecule has 2 aromatic rings. The zero-order chi connectivity index (χ0) is 11.5. The summed E-state index contributed by atoms with van der Waals surface area (Å²) in [4.78, 5) is 10.9. The Balaban J connectivity index is 2.44. The van der Waals surface area contributed by atoms with Crippen LogP contribution < -0.4 is 0 Å². The zero-order valence-corrected chi connectivity index (χ0v) is 8.78. The number of aromatic nitrogens is 2. The number of benzene rings is 1. The molecule has 0 amide bonds. The second-order valence-corrected chi connectivity index (χ2v) is 3.45. The van der Waals surface area contributed by atoms with Crippen molar-refractivity contribution in [2.45, 2.75) is 0 Å². The van der Waals surface area contributed by atoms with Gasteiger partial charge < -0.3 is 0 Å². The minimum atomic E-state index is -0.599. The molecule has 0 saturated carbocycles. The maximum Gasteiger partial charge on any atom is 0.254 e. The molecule has 0 aliphatic rings. The average Bonchev–Trinajstić information content (AvgIpc) is 2.30. The highest BCUT2D eigenvalue weighted by atomic mass is 35.5. The van der Waals surface area contributed by atoms with E-state index in [-0.39, 0.29) is 11.4 Å². The molecule has 0 saturated heterocycles. The van der Waals surface area contributed by atoms with Crippen LogP contribution in [0.25, 0.3) is 11.3 Å². The molecule has 0 aliphatic carbocycles. The van der Waals surface area contributed by atoms with Crippen LogP contribution in [0.3, 0.4) is 0 Å². The van der Waals surface area contributed by atoms with Crippen LogP contribution in [0.2, 0.25) is 0 Å². The van der Waals surface area contributed by atoms with Crippen LogP contribution in [0.15, 0.2) is 36.5 Å². The van der Waals surface area contributed by atoms with E-state index in [0.717, 1.165) is 0 Å². The lowest BCUT2D eigenvalue weighted by molar-refractivity contribution is 0.108. The topological polar surface area (TPSA) is 42.9 Å². The van der Waals surface area contributed by atoms with Crippen LogP contribution in [-0.4, -0.2) is 15.4 Å². The third-order valence-corrected chi connectivity index (χ3v) is 2.24. The molecular weight excluding hydrogens is 231 g/mol. The molecule has 0 bridgehead atoms. The van der Waals surface area contributed by atoms with Gasteiger partial charge in [0.1, 0.15) is 5.82 Å². The molecule has 5 heteroatoms. The number of hydrogen-bond acceptors (Lipinski definition) is 3. The van der Waals surface area contributed by atoms with Crippen molar-refractivity contribution in [2.75, 3.05) is 0 Å². The van der Waals surface area contributed by atoms with E-state index < -0.39 is 5.24 Å². The van der Waals surface area contributed by atoms with Gasteiger partial charge in [0.25, 0.3) is 5.24 Å². The summed E-state index contributed by atoms with van der Waals surface area (Å²) < 4.78 is 12.7. The van der Waals surface area contributed by atoms with Crippen LogP contribution in [0.4, 0.5) is 4.39 Å². The molecule has 1 aromatic heterocycles. The predicted octanol–water partition coefficient (Wildman–Crippen LogP) is 2.66. The van der Waals surface area contributed by atoms with Gasteiger partial charge in [0.15, 0.2) is 0 Å². The Morgan fingerprint density at radius 1 is 1.25 bits per heavy atom. The molecule has 0 atom stereocenters. The SMILES string of the molecule is O=C(Cl)c1cnnc(-c2ccc(F)cc2)c1. The fourth-order valence-electron chi connectivity index (χ4n) is 1.24. The second-order valence-electron chi connectivity index (χ2n) is 3.11. The van der Waals surface area contributed by atoms with Crippen LogP contribution >= 0.6 is 11.6 Å². The van der Waals surface area contributed by atoms with Gasteiger partial charge in [0, 0.05) is 5.56 Å². The number of carbonyl (C=O) groups excluding carboxylic acids is 1. The second kappa shape index (κ2) is 4.37. The molecule has 3 nitrogen and oxygen atoms in total. The Morgan fingerprint density at radius 2 is 1.94 bits per heavy atom. The van der Waals surface area contributed by atoms with E-state index in [1.165, 1.54) is 24.4 Å². The van der Waals surface area contributed by atoms with Gasteiger partial charge in [-0.1, -0.05) is 0 Å². The van der Waals surface area contributed by atoms with Crippen LogP contribution in [-0.2, 0) is 0 Å². The van der Waals surface area contributed by atoms with Crippen molar-refractivity contribution in [1.82, 2.24) is 10.2 Å².